The topological polar surface area (TPSA) is 29.5 Å². The Hall–Kier alpha value is -1.43. The minimum Gasteiger partial charge on any atom is -0.623 e. The van der Waals surface area contributed by atoms with Gasteiger partial charge in [0.1, 0.15) is 0 Å². The Bertz CT molecular complexity index is 372. The molecule has 0 unspecified atom stereocenters. The lowest BCUT2D eigenvalue weighted by molar-refractivity contribution is -0.132. The first kappa shape index (κ1) is 10.1. The van der Waals surface area contributed by atoms with Crippen molar-refractivity contribution in [2.45, 2.75) is 6.54 Å². The second-order valence-corrected chi connectivity index (χ2v) is 3.44. The quantitative estimate of drug-likeness (QED) is 0.694. The number of halogens is 2. The standard InChI is InChI=1S/C9H9BF2NO2/c11-10(12)13(7-9(14)15-10)6-8-4-2-1-3-5-8/h1-5H,6-7H2/q-1. The molecular formula is C9H9BF2NO2-. The summed E-state index contributed by atoms with van der Waals surface area (Å²) in [4.78, 5) is 11.5. The number of carbonyl (C=O) groups is 1. The zero-order valence-corrected chi connectivity index (χ0v) is 7.90. The zero-order valence-electron chi connectivity index (χ0n) is 7.90. The molecule has 1 heterocycles. The number of hydrogen-bond donors (Lipinski definition) is 0. The highest BCUT2D eigenvalue weighted by atomic mass is 19.3. The van der Waals surface area contributed by atoms with E-state index in [2.05, 4.69) is 4.65 Å². The van der Waals surface area contributed by atoms with Crippen molar-refractivity contribution < 1.29 is 18.1 Å². The molecule has 6 heteroatoms. The maximum absolute atomic E-state index is 13.1. The van der Waals surface area contributed by atoms with E-state index in [1.807, 2.05) is 0 Å². The van der Waals surface area contributed by atoms with Crippen molar-refractivity contribution >= 4 is 13.0 Å². The summed E-state index contributed by atoms with van der Waals surface area (Å²) in [5, 5.41) is 0. The minimum atomic E-state index is -4.13. The zero-order chi connectivity index (χ0) is 10.9. The summed E-state index contributed by atoms with van der Waals surface area (Å²) < 4.78 is 30.1. The molecule has 1 saturated heterocycles. The lowest BCUT2D eigenvalue weighted by Crippen LogP contribution is -2.41. The summed E-state index contributed by atoms with van der Waals surface area (Å²) >= 11 is 0. The van der Waals surface area contributed by atoms with Crippen LogP contribution >= 0.6 is 0 Å². The van der Waals surface area contributed by atoms with Crippen molar-refractivity contribution in [1.82, 2.24) is 4.81 Å². The molecule has 1 fully saturated rings. The second kappa shape index (κ2) is 3.62. The van der Waals surface area contributed by atoms with E-state index in [-0.39, 0.29) is 13.1 Å². The first-order chi connectivity index (χ1) is 7.08. The Balaban J connectivity index is 2.10. The first-order valence-corrected chi connectivity index (χ1v) is 4.59. The van der Waals surface area contributed by atoms with Crippen LogP contribution in [0.25, 0.3) is 0 Å². The third-order valence-electron chi connectivity index (χ3n) is 2.26. The highest BCUT2D eigenvalue weighted by Gasteiger charge is 2.44. The van der Waals surface area contributed by atoms with E-state index in [0.29, 0.717) is 0 Å². The molecule has 0 spiro atoms. The maximum atomic E-state index is 13.1. The van der Waals surface area contributed by atoms with Gasteiger partial charge >= 0.3 is 7.04 Å². The van der Waals surface area contributed by atoms with Crippen LogP contribution in [-0.2, 0) is 16.0 Å². The average Bonchev–Trinajstić information content (AvgIpc) is 2.41. The van der Waals surface area contributed by atoms with Gasteiger partial charge in [-0.15, -0.1) is 0 Å². The first-order valence-electron chi connectivity index (χ1n) is 4.59. The monoisotopic (exact) mass is 212 g/mol. The van der Waals surface area contributed by atoms with Gasteiger partial charge in [0.2, 0.25) is 0 Å². The molecule has 1 aliphatic rings. The number of nitrogens with zero attached hydrogens (tertiary/aromatic N) is 1. The van der Waals surface area contributed by atoms with Crippen LogP contribution < -0.4 is 0 Å². The minimum absolute atomic E-state index is 0.0274. The lowest BCUT2D eigenvalue weighted by Gasteiger charge is -2.27. The van der Waals surface area contributed by atoms with E-state index in [1.54, 1.807) is 30.3 Å². The summed E-state index contributed by atoms with van der Waals surface area (Å²) in [6.07, 6.45) is 0. The fourth-order valence-corrected chi connectivity index (χ4v) is 1.52. The number of benzene rings is 1. The third kappa shape index (κ3) is 2.15. The third-order valence-corrected chi connectivity index (χ3v) is 2.26. The van der Waals surface area contributed by atoms with Crippen LogP contribution in [0.4, 0.5) is 8.63 Å². The molecule has 0 aliphatic carbocycles. The van der Waals surface area contributed by atoms with Crippen molar-refractivity contribution in [3.05, 3.63) is 35.9 Å². The molecule has 1 aliphatic heterocycles. The lowest BCUT2D eigenvalue weighted by atomic mass is 10.0. The summed E-state index contributed by atoms with van der Waals surface area (Å²) in [5.41, 5.74) is 0.734. The fourth-order valence-electron chi connectivity index (χ4n) is 1.52. The van der Waals surface area contributed by atoms with Gasteiger partial charge in [-0.1, -0.05) is 30.3 Å². The normalized spacial score (nSPS) is 20.3. The molecule has 0 N–H and O–H groups in total. The highest BCUT2D eigenvalue weighted by Crippen LogP contribution is 2.24. The van der Waals surface area contributed by atoms with Gasteiger partial charge < -0.3 is 18.1 Å². The van der Waals surface area contributed by atoms with Crippen LogP contribution in [0.3, 0.4) is 0 Å². The van der Waals surface area contributed by atoms with Crippen LogP contribution in [0.1, 0.15) is 5.56 Å². The predicted molar refractivity (Wildman–Crippen MR) is 50.9 cm³/mol. The van der Waals surface area contributed by atoms with Crippen LogP contribution in [0, 0.1) is 0 Å². The molecule has 0 atom stereocenters. The summed E-state index contributed by atoms with van der Waals surface area (Å²) in [6, 6.07) is 8.79. The molecular weight excluding hydrogens is 203 g/mol. The molecule has 80 valence electrons. The maximum Gasteiger partial charge on any atom is 0.594 e. The van der Waals surface area contributed by atoms with E-state index in [4.69, 9.17) is 0 Å². The molecule has 0 aromatic heterocycles. The SMILES string of the molecule is O=C1CN(Cc2ccccc2)[B-](F)(F)O1. The number of hydrogen-bond acceptors (Lipinski definition) is 3. The molecule has 0 bridgehead atoms. The van der Waals surface area contributed by atoms with Crippen molar-refractivity contribution in [3.63, 3.8) is 0 Å². The highest BCUT2D eigenvalue weighted by molar-refractivity contribution is 6.59. The molecule has 2 rings (SSSR count). The molecule has 15 heavy (non-hydrogen) atoms. The van der Waals surface area contributed by atoms with Crippen molar-refractivity contribution in [2.24, 2.45) is 0 Å². The van der Waals surface area contributed by atoms with Crippen LogP contribution in [-0.4, -0.2) is 24.4 Å². The van der Waals surface area contributed by atoms with E-state index in [9.17, 15) is 13.4 Å². The van der Waals surface area contributed by atoms with E-state index >= 15 is 0 Å². The van der Waals surface area contributed by atoms with Crippen molar-refractivity contribution in [2.75, 3.05) is 6.54 Å². The average molecular weight is 212 g/mol. The Morgan fingerprint density at radius 2 is 2.00 bits per heavy atom. The van der Waals surface area contributed by atoms with Crippen molar-refractivity contribution in [1.29, 1.82) is 0 Å². The Kier molecular flexibility index (Phi) is 2.44. The Morgan fingerprint density at radius 3 is 2.53 bits per heavy atom. The van der Waals surface area contributed by atoms with E-state index in [0.717, 1.165) is 10.4 Å². The van der Waals surface area contributed by atoms with Gasteiger partial charge in [-0.2, -0.15) is 0 Å². The largest absolute Gasteiger partial charge is 0.623 e. The van der Waals surface area contributed by atoms with Crippen LogP contribution in [0.5, 0.6) is 0 Å². The van der Waals surface area contributed by atoms with Gasteiger partial charge in [0, 0.05) is 0 Å². The molecule has 0 amide bonds. The molecule has 1 aromatic carbocycles. The van der Waals surface area contributed by atoms with Gasteiger partial charge in [0.15, 0.2) is 0 Å². The second-order valence-electron chi connectivity index (χ2n) is 3.44. The van der Waals surface area contributed by atoms with Crippen LogP contribution in [0.15, 0.2) is 30.3 Å². The number of rotatable bonds is 2. The van der Waals surface area contributed by atoms with Gasteiger partial charge in [0.05, 0.1) is 6.54 Å². The molecule has 1 aromatic rings. The Labute approximate surface area is 85.7 Å². The number of carbonyl (C=O) groups excluding carboxylic acids is 1. The summed E-state index contributed by atoms with van der Waals surface area (Å²) in [6.45, 7) is -0.318. The Morgan fingerprint density at radius 1 is 1.33 bits per heavy atom. The summed E-state index contributed by atoms with van der Waals surface area (Å²) in [5.74, 6) is -0.865. The molecule has 0 radical (unpaired) electrons. The van der Waals surface area contributed by atoms with Gasteiger partial charge in [-0.3, -0.25) is 4.79 Å². The molecule has 0 saturated carbocycles. The van der Waals surface area contributed by atoms with E-state index in [1.165, 1.54) is 0 Å². The van der Waals surface area contributed by atoms with Gasteiger partial charge in [0.25, 0.3) is 5.97 Å². The fraction of sp³-hybridized carbons (Fsp3) is 0.222. The van der Waals surface area contributed by atoms with Crippen molar-refractivity contribution in [3.8, 4) is 0 Å². The van der Waals surface area contributed by atoms with Crippen LogP contribution in [0.2, 0.25) is 0 Å². The summed E-state index contributed by atoms with van der Waals surface area (Å²) in [7, 11) is -4.13. The predicted octanol–water partition coefficient (Wildman–Crippen LogP) is 1.42. The smallest absolute Gasteiger partial charge is 0.594 e. The van der Waals surface area contributed by atoms with Gasteiger partial charge in [-0.05, 0) is 12.1 Å². The molecule has 3 nitrogen and oxygen atoms in total. The van der Waals surface area contributed by atoms with Gasteiger partial charge in [-0.25, -0.2) is 0 Å². The van der Waals surface area contributed by atoms with E-state index < -0.39 is 13.0 Å².